The minimum absolute atomic E-state index is 0.0261. The molecule has 1 unspecified atom stereocenters. The van der Waals surface area contributed by atoms with Gasteiger partial charge in [0.2, 0.25) is 0 Å². The van der Waals surface area contributed by atoms with Crippen molar-refractivity contribution in [3.05, 3.63) is 77.0 Å². The average Bonchev–Trinajstić information content (AvgIpc) is 3.22. The Morgan fingerprint density at radius 2 is 1.73 bits per heavy atom. The van der Waals surface area contributed by atoms with Gasteiger partial charge in [0.15, 0.2) is 0 Å². The summed E-state index contributed by atoms with van der Waals surface area (Å²) in [5, 5.41) is 11.8. The highest BCUT2D eigenvalue weighted by Gasteiger charge is 2.24. The standard InChI is InChI=1S/C21H20F2N4O3/c1-12-10-15(11-13(2)18(12)30-21(22)23)19(28)26-17(14-6-4-3-5-7-14)20(29)25-16-8-9-24-27-16/h3-11,17,21H,1-2H3,(H,26,28)(H2,24,25,27,29). The Kier molecular flexibility index (Phi) is 6.41. The number of carbonyl (C=O) groups is 2. The number of ether oxygens (including phenoxy) is 1. The predicted molar refractivity (Wildman–Crippen MR) is 106 cm³/mol. The SMILES string of the molecule is Cc1cc(C(=O)NC(C(=O)Nc2ccn[nH]2)c2ccccc2)cc(C)c1OC(F)F. The van der Waals surface area contributed by atoms with Crippen LogP contribution in [0.25, 0.3) is 0 Å². The number of aryl methyl sites for hydroxylation is 2. The summed E-state index contributed by atoms with van der Waals surface area (Å²) in [6.07, 6.45) is 1.49. The maximum atomic E-state index is 12.9. The lowest BCUT2D eigenvalue weighted by Gasteiger charge is -2.19. The number of aromatic nitrogens is 2. The fourth-order valence-electron chi connectivity index (χ4n) is 3.05. The smallest absolute Gasteiger partial charge is 0.387 e. The summed E-state index contributed by atoms with van der Waals surface area (Å²) in [5.41, 5.74) is 1.58. The molecule has 0 spiro atoms. The van der Waals surface area contributed by atoms with Gasteiger partial charge < -0.3 is 15.4 Å². The van der Waals surface area contributed by atoms with Gasteiger partial charge in [0.05, 0.1) is 6.20 Å². The first kappa shape index (κ1) is 21.0. The van der Waals surface area contributed by atoms with E-state index in [-0.39, 0.29) is 11.3 Å². The number of aromatic amines is 1. The third-order valence-electron chi connectivity index (χ3n) is 4.36. The quantitative estimate of drug-likeness (QED) is 0.549. The largest absolute Gasteiger partial charge is 0.434 e. The van der Waals surface area contributed by atoms with E-state index in [0.29, 0.717) is 22.5 Å². The number of benzene rings is 2. The first-order valence-corrected chi connectivity index (χ1v) is 9.07. The van der Waals surface area contributed by atoms with Crippen LogP contribution in [0.4, 0.5) is 14.6 Å². The number of amides is 2. The fourth-order valence-corrected chi connectivity index (χ4v) is 3.05. The van der Waals surface area contributed by atoms with Crippen LogP contribution < -0.4 is 15.4 Å². The van der Waals surface area contributed by atoms with E-state index in [9.17, 15) is 18.4 Å². The lowest BCUT2D eigenvalue weighted by Crippen LogP contribution is -2.37. The molecule has 0 saturated heterocycles. The lowest BCUT2D eigenvalue weighted by molar-refractivity contribution is -0.118. The Morgan fingerprint density at radius 1 is 1.07 bits per heavy atom. The zero-order valence-corrected chi connectivity index (χ0v) is 16.3. The van der Waals surface area contributed by atoms with Crippen LogP contribution in [0.3, 0.4) is 0 Å². The lowest BCUT2D eigenvalue weighted by atomic mass is 10.0. The zero-order chi connectivity index (χ0) is 21.7. The van der Waals surface area contributed by atoms with Gasteiger partial charge in [-0.05, 0) is 42.7 Å². The van der Waals surface area contributed by atoms with Gasteiger partial charge in [-0.1, -0.05) is 30.3 Å². The Balaban J connectivity index is 1.85. The molecular formula is C21H20F2N4O3. The third-order valence-corrected chi connectivity index (χ3v) is 4.36. The molecule has 3 rings (SSSR count). The molecule has 9 heteroatoms. The normalized spacial score (nSPS) is 11.8. The summed E-state index contributed by atoms with van der Waals surface area (Å²) >= 11 is 0. The monoisotopic (exact) mass is 414 g/mol. The molecule has 30 heavy (non-hydrogen) atoms. The Morgan fingerprint density at radius 3 is 2.30 bits per heavy atom. The number of halogens is 2. The predicted octanol–water partition coefficient (Wildman–Crippen LogP) is 3.74. The Bertz CT molecular complexity index is 1000. The summed E-state index contributed by atoms with van der Waals surface area (Å²) < 4.78 is 29.7. The van der Waals surface area contributed by atoms with Crippen LogP contribution in [0.2, 0.25) is 0 Å². The van der Waals surface area contributed by atoms with Gasteiger partial charge in [-0.2, -0.15) is 13.9 Å². The van der Waals surface area contributed by atoms with Gasteiger partial charge in [-0.25, -0.2) is 0 Å². The van der Waals surface area contributed by atoms with Gasteiger partial charge in [0.1, 0.15) is 17.6 Å². The second-order valence-corrected chi connectivity index (χ2v) is 6.59. The Hall–Kier alpha value is -3.75. The van der Waals surface area contributed by atoms with Crippen LogP contribution in [0.5, 0.6) is 5.75 Å². The maximum Gasteiger partial charge on any atom is 0.387 e. The molecule has 0 aliphatic carbocycles. The van der Waals surface area contributed by atoms with E-state index in [1.54, 1.807) is 50.2 Å². The molecule has 0 saturated carbocycles. The number of anilines is 1. The van der Waals surface area contributed by atoms with E-state index in [4.69, 9.17) is 0 Å². The number of alkyl halides is 2. The third kappa shape index (κ3) is 4.99. The summed E-state index contributed by atoms with van der Waals surface area (Å²) in [4.78, 5) is 25.7. The van der Waals surface area contributed by atoms with Crippen molar-refractivity contribution in [1.82, 2.24) is 15.5 Å². The van der Waals surface area contributed by atoms with E-state index in [1.807, 2.05) is 0 Å². The van der Waals surface area contributed by atoms with Gasteiger partial charge in [0, 0.05) is 11.6 Å². The number of rotatable bonds is 7. The highest BCUT2D eigenvalue weighted by Crippen LogP contribution is 2.27. The number of carbonyl (C=O) groups excluding carboxylic acids is 2. The van der Waals surface area contributed by atoms with Gasteiger partial charge in [-0.3, -0.25) is 14.7 Å². The number of nitrogens with one attached hydrogen (secondary N) is 3. The van der Waals surface area contributed by atoms with Crippen molar-refractivity contribution < 1.29 is 23.1 Å². The van der Waals surface area contributed by atoms with Crippen LogP contribution in [-0.4, -0.2) is 28.6 Å². The molecule has 0 aliphatic rings. The molecule has 1 heterocycles. The molecule has 0 fully saturated rings. The zero-order valence-electron chi connectivity index (χ0n) is 16.3. The summed E-state index contributed by atoms with van der Waals surface area (Å²) in [7, 11) is 0. The van der Waals surface area contributed by atoms with E-state index in [2.05, 4.69) is 25.6 Å². The molecule has 3 N–H and O–H groups in total. The summed E-state index contributed by atoms with van der Waals surface area (Å²) in [6, 6.07) is 12.2. The van der Waals surface area contributed by atoms with Crippen LogP contribution >= 0.6 is 0 Å². The highest BCUT2D eigenvalue weighted by atomic mass is 19.3. The van der Waals surface area contributed by atoms with Crippen molar-refractivity contribution in [3.63, 3.8) is 0 Å². The molecule has 156 valence electrons. The molecule has 0 radical (unpaired) electrons. The molecule has 2 aromatic carbocycles. The van der Waals surface area contributed by atoms with E-state index in [0.717, 1.165) is 0 Å². The minimum atomic E-state index is -2.96. The first-order chi connectivity index (χ1) is 14.3. The Labute approximate surface area is 171 Å². The second kappa shape index (κ2) is 9.17. The van der Waals surface area contributed by atoms with Crippen molar-refractivity contribution >= 4 is 17.6 Å². The minimum Gasteiger partial charge on any atom is -0.434 e. The van der Waals surface area contributed by atoms with Gasteiger partial charge in [-0.15, -0.1) is 0 Å². The molecule has 3 aromatic rings. The first-order valence-electron chi connectivity index (χ1n) is 9.07. The van der Waals surface area contributed by atoms with Crippen molar-refractivity contribution in [2.75, 3.05) is 5.32 Å². The van der Waals surface area contributed by atoms with Gasteiger partial charge in [0.25, 0.3) is 11.8 Å². The van der Waals surface area contributed by atoms with Crippen LogP contribution in [0.15, 0.2) is 54.7 Å². The molecule has 7 nitrogen and oxygen atoms in total. The second-order valence-electron chi connectivity index (χ2n) is 6.59. The number of H-pyrrole nitrogens is 1. The highest BCUT2D eigenvalue weighted by molar-refractivity contribution is 6.01. The topological polar surface area (TPSA) is 96.1 Å². The molecular weight excluding hydrogens is 394 g/mol. The summed E-state index contributed by atoms with van der Waals surface area (Å²) in [5.74, 6) is -0.586. The number of hydrogen-bond donors (Lipinski definition) is 3. The molecule has 0 aliphatic heterocycles. The van der Waals surface area contributed by atoms with E-state index in [1.165, 1.54) is 18.3 Å². The summed E-state index contributed by atoms with van der Waals surface area (Å²) in [6.45, 7) is 0.179. The van der Waals surface area contributed by atoms with Crippen LogP contribution in [-0.2, 0) is 4.79 Å². The van der Waals surface area contributed by atoms with Crippen molar-refractivity contribution in [1.29, 1.82) is 0 Å². The molecule has 0 bridgehead atoms. The number of nitrogens with zero attached hydrogens (tertiary/aromatic N) is 1. The van der Waals surface area contributed by atoms with Crippen molar-refractivity contribution in [2.45, 2.75) is 26.5 Å². The van der Waals surface area contributed by atoms with Crippen LogP contribution in [0.1, 0.15) is 33.1 Å². The average molecular weight is 414 g/mol. The molecule has 1 atom stereocenters. The van der Waals surface area contributed by atoms with Crippen molar-refractivity contribution in [2.24, 2.45) is 0 Å². The fraction of sp³-hybridized carbons (Fsp3) is 0.190. The number of hydrogen-bond acceptors (Lipinski definition) is 4. The molecule has 2 amide bonds. The van der Waals surface area contributed by atoms with Crippen molar-refractivity contribution in [3.8, 4) is 5.75 Å². The van der Waals surface area contributed by atoms with Crippen LogP contribution in [0, 0.1) is 13.8 Å². The maximum absolute atomic E-state index is 12.9. The van der Waals surface area contributed by atoms with E-state index < -0.39 is 24.5 Å². The van der Waals surface area contributed by atoms with Gasteiger partial charge >= 0.3 is 6.61 Å². The molecule has 1 aromatic heterocycles. The van der Waals surface area contributed by atoms with E-state index >= 15 is 0 Å².